The van der Waals surface area contributed by atoms with Crippen LogP contribution in [0.1, 0.15) is 41.7 Å². The summed E-state index contributed by atoms with van der Waals surface area (Å²) in [5, 5.41) is 3.28. The second kappa shape index (κ2) is 10.4. The zero-order valence-corrected chi connectivity index (χ0v) is 22.2. The van der Waals surface area contributed by atoms with Gasteiger partial charge in [0, 0.05) is 31.5 Å². The summed E-state index contributed by atoms with van der Waals surface area (Å²) in [6, 6.07) is 10.9. The number of alkyl halides is 3. The van der Waals surface area contributed by atoms with E-state index in [1.54, 1.807) is 30.6 Å². The number of hydrogen-bond acceptors (Lipinski definition) is 8. The van der Waals surface area contributed by atoms with E-state index in [1.165, 1.54) is 22.7 Å². The SMILES string of the molecule is O=S(=O)(c1ccc(C(F)(F)F)cc1)N1CCC(Nc2nccc(C3C(c4ccc(F)cc4)N=C4OC=CN43)n2)CC1. The molecule has 1 aromatic heterocycles. The van der Waals surface area contributed by atoms with Crippen molar-refractivity contribution in [3.05, 3.63) is 95.9 Å². The molecule has 4 heterocycles. The van der Waals surface area contributed by atoms with E-state index in [-0.39, 0.29) is 35.9 Å². The highest BCUT2D eigenvalue weighted by molar-refractivity contribution is 7.89. The number of piperidine rings is 1. The fraction of sp³-hybridized carbons (Fsp3) is 0.296. The molecule has 0 aliphatic carbocycles. The quantitative estimate of drug-likeness (QED) is 0.411. The minimum Gasteiger partial charge on any atom is -0.432 e. The Morgan fingerprint density at radius 2 is 1.68 bits per heavy atom. The number of aromatic nitrogens is 2. The van der Waals surface area contributed by atoms with Gasteiger partial charge in [0.05, 0.1) is 16.2 Å². The van der Waals surface area contributed by atoms with Crippen LogP contribution in [0.3, 0.4) is 0 Å². The molecule has 14 heteroatoms. The zero-order valence-electron chi connectivity index (χ0n) is 21.4. The highest BCUT2D eigenvalue weighted by atomic mass is 32.2. The van der Waals surface area contributed by atoms with Crippen molar-refractivity contribution in [2.24, 2.45) is 4.99 Å². The van der Waals surface area contributed by atoms with E-state index in [9.17, 15) is 26.0 Å². The maximum absolute atomic E-state index is 13.5. The molecule has 3 aliphatic heterocycles. The van der Waals surface area contributed by atoms with Gasteiger partial charge in [0.1, 0.15) is 24.2 Å². The summed E-state index contributed by atoms with van der Waals surface area (Å²) in [6.07, 6.45) is 1.26. The fourth-order valence-electron chi connectivity index (χ4n) is 5.15. The van der Waals surface area contributed by atoms with Crippen molar-refractivity contribution >= 4 is 22.0 Å². The molecule has 0 radical (unpaired) electrons. The second-order valence-corrected chi connectivity index (χ2v) is 11.8. The van der Waals surface area contributed by atoms with Crippen LogP contribution >= 0.6 is 0 Å². The topological polar surface area (TPSA) is 100 Å². The molecule has 41 heavy (non-hydrogen) atoms. The maximum Gasteiger partial charge on any atom is 0.416 e. The van der Waals surface area contributed by atoms with E-state index in [0.717, 1.165) is 29.8 Å². The number of ether oxygens (including phenoxy) is 1. The first-order valence-electron chi connectivity index (χ1n) is 12.8. The molecular formula is C27H24F4N6O3S. The maximum atomic E-state index is 13.5. The molecule has 0 saturated carbocycles. The molecule has 0 spiro atoms. The molecule has 2 aromatic carbocycles. The van der Waals surface area contributed by atoms with Crippen LogP contribution < -0.4 is 5.32 Å². The first-order valence-corrected chi connectivity index (χ1v) is 14.3. The number of amidine groups is 1. The van der Waals surface area contributed by atoms with Crippen LogP contribution in [0.4, 0.5) is 23.5 Å². The number of hydrogen-bond donors (Lipinski definition) is 1. The Balaban J connectivity index is 1.13. The first kappa shape index (κ1) is 27.1. The minimum absolute atomic E-state index is 0.123. The number of aliphatic imine (C=N–C) groups is 1. The minimum atomic E-state index is -4.54. The average molecular weight is 589 g/mol. The highest BCUT2D eigenvalue weighted by Gasteiger charge is 2.41. The van der Waals surface area contributed by atoms with E-state index in [1.807, 2.05) is 4.90 Å². The van der Waals surface area contributed by atoms with E-state index < -0.39 is 27.8 Å². The van der Waals surface area contributed by atoms with Gasteiger partial charge in [-0.05, 0) is 60.9 Å². The van der Waals surface area contributed by atoms with Crippen molar-refractivity contribution in [2.75, 3.05) is 18.4 Å². The van der Waals surface area contributed by atoms with Crippen LogP contribution in [0.15, 0.2) is 83.1 Å². The molecule has 2 unspecified atom stereocenters. The molecule has 214 valence electrons. The largest absolute Gasteiger partial charge is 0.432 e. The molecule has 1 saturated heterocycles. The number of benzene rings is 2. The molecule has 0 amide bonds. The molecule has 6 rings (SSSR count). The summed E-state index contributed by atoms with van der Waals surface area (Å²) in [6.45, 7) is 0.367. The van der Waals surface area contributed by atoms with Gasteiger partial charge >= 0.3 is 6.18 Å². The zero-order chi connectivity index (χ0) is 28.8. The van der Waals surface area contributed by atoms with Crippen molar-refractivity contribution in [1.82, 2.24) is 19.2 Å². The average Bonchev–Trinajstić information content (AvgIpc) is 3.55. The molecular weight excluding hydrogens is 564 g/mol. The smallest absolute Gasteiger partial charge is 0.416 e. The molecule has 9 nitrogen and oxygen atoms in total. The summed E-state index contributed by atoms with van der Waals surface area (Å²) in [5.41, 5.74) is 0.553. The number of anilines is 1. The molecule has 0 bridgehead atoms. The third-order valence-corrected chi connectivity index (χ3v) is 9.18. The Kier molecular flexibility index (Phi) is 6.90. The van der Waals surface area contributed by atoms with Crippen molar-refractivity contribution in [3.63, 3.8) is 0 Å². The summed E-state index contributed by atoms with van der Waals surface area (Å²) in [4.78, 5) is 15.4. The van der Waals surface area contributed by atoms with Crippen molar-refractivity contribution in [2.45, 2.75) is 42.0 Å². The van der Waals surface area contributed by atoms with Crippen LogP contribution in [0.5, 0.6) is 0 Å². The molecule has 3 aliphatic rings. The van der Waals surface area contributed by atoms with Gasteiger partial charge in [-0.3, -0.25) is 4.90 Å². The fourth-order valence-corrected chi connectivity index (χ4v) is 6.62. The Morgan fingerprint density at radius 1 is 0.976 bits per heavy atom. The highest BCUT2D eigenvalue weighted by Crippen LogP contribution is 2.43. The summed E-state index contributed by atoms with van der Waals surface area (Å²) in [7, 11) is -3.94. The number of nitrogens with one attached hydrogen (secondary N) is 1. The number of fused-ring (bicyclic) bond motifs is 1. The molecule has 3 aromatic rings. The number of sulfonamides is 1. The van der Waals surface area contributed by atoms with Gasteiger partial charge in [-0.1, -0.05) is 12.1 Å². The number of rotatable bonds is 6. The van der Waals surface area contributed by atoms with Crippen LogP contribution in [0.2, 0.25) is 0 Å². The standard InChI is InChI=1S/C27H24F4N6O3S/c28-19-5-1-17(2-6-19)23-24(37-15-16-40-26(37)35-23)22-9-12-32-25(34-22)33-20-10-13-36(14-11-20)41(38,39)21-7-3-18(4-8-21)27(29,30)31/h1-9,12,15-16,20,23-24H,10-11,13-14H2,(H,32,33,34). The second-order valence-electron chi connectivity index (χ2n) is 9.81. The lowest BCUT2D eigenvalue weighted by molar-refractivity contribution is -0.137. The van der Waals surface area contributed by atoms with Gasteiger partial charge in [-0.25, -0.2) is 27.8 Å². The molecule has 1 N–H and O–H groups in total. The number of nitrogens with zero attached hydrogens (tertiary/aromatic N) is 5. The lowest BCUT2D eigenvalue weighted by atomic mass is 9.97. The van der Waals surface area contributed by atoms with Gasteiger partial charge in [-0.2, -0.15) is 17.5 Å². The predicted molar refractivity (Wildman–Crippen MR) is 140 cm³/mol. The van der Waals surface area contributed by atoms with E-state index in [4.69, 9.17) is 9.72 Å². The Morgan fingerprint density at radius 3 is 2.37 bits per heavy atom. The van der Waals surface area contributed by atoms with Crippen LogP contribution in [0, 0.1) is 5.82 Å². The van der Waals surface area contributed by atoms with E-state index in [0.29, 0.717) is 30.5 Å². The van der Waals surface area contributed by atoms with Gasteiger partial charge in [0.2, 0.25) is 16.0 Å². The Hall–Kier alpha value is -4.04. The van der Waals surface area contributed by atoms with Gasteiger partial charge in [0.15, 0.2) is 0 Å². The van der Waals surface area contributed by atoms with Crippen LogP contribution in [-0.4, -0.2) is 52.7 Å². The molecule has 2 atom stereocenters. The van der Waals surface area contributed by atoms with Crippen LogP contribution in [-0.2, 0) is 20.9 Å². The predicted octanol–water partition coefficient (Wildman–Crippen LogP) is 4.86. The van der Waals surface area contributed by atoms with Crippen molar-refractivity contribution < 1.29 is 30.7 Å². The third-order valence-electron chi connectivity index (χ3n) is 7.26. The van der Waals surface area contributed by atoms with Crippen molar-refractivity contribution in [1.29, 1.82) is 0 Å². The normalized spacial score (nSPS) is 21.5. The number of halogens is 4. The lowest BCUT2D eigenvalue weighted by Gasteiger charge is -2.32. The summed E-state index contributed by atoms with van der Waals surface area (Å²) >= 11 is 0. The lowest BCUT2D eigenvalue weighted by Crippen LogP contribution is -2.42. The first-order chi connectivity index (χ1) is 19.6. The van der Waals surface area contributed by atoms with E-state index in [2.05, 4.69) is 15.3 Å². The Bertz CT molecular complexity index is 1590. The Labute approximate surface area is 233 Å². The van der Waals surface area contributed by atoms with Crippen molar-refractivity contribution in [3.8, 4) is 0 Å². The monoisotopic (exact) mass is 588 g/mol. The van der Waals surface area contributed by atoms with Crippen LogP contribution in [0.25, 0.3) is 0 Å². The summed E-state index contributed by atoms with van der Waals surface area (Å²) in [5.74, 6) is 0.0151. The van der Waals surface area contributed by atoms with Gasteiger partial charge in [-0.15, -0.1) is 0 Å². The third kappa shape index (κ3) is 5.36. The summed E-state index contributed by atoms with van der Waals surface area (Å²) < 4.78 is 84.9. The van der Waals surface area contributed by atoms with Gasteiger partial charge in [0.25, 0.3) is 6.02 Å². The van der Waals surface area contributed by atoms with E-state index >= 15 is 0 Å². The molecule has 1 fully saturated rings. The van der Waals surface area contributed by atoms with Gasteiger partial charge < -0.3 is 10.1 Å².